The van der Waals surface area contributed by atoms with Gasteiger partial charge in [-0.05, 0) is 44.1 Å². The van der Waals surface area contributed by atoms with Gasteiger partial charge in [0.05, 0.1) is 11.9 Å². The molecule has 1 saturated carbocycles. The van der Waals surface area contributed by atoms with Crippen LogP contribution in [0.3, 0.4) is 0 Å². The monoisotopic (exact) mass is 324 g/mol. The van der Waals surface area contributed by atoms with Crippen molar-refractivity contribution in [3.8, 4) is 0 Å². The average Bonchev–Trinajstić information content (AvgIpc) is 2.37. The number of carbonyl (C=O) groups is 1. The molecule has 1 atom stereocenters. The van der Waals surface area contributed by atoms with Gasteiger partial charge in [-0.15, -0.1) is 0 Å². The first kappa shape index (κ1) is 17.7. The molecule has 0 aromatic rings. The molecule has 0 saturated heterocycles. The first-order chi connectivity index (χ1) is 9.38. The maximum absolute atomic E-state index is 12.1. The molecule has 0 aliphatic heterocycles. The van der Waals surface area contributed by atoms with Crippen LogP contribution < -0.4 is 10.0 Å². The molecule has 1 fully saturated rings. The van der Waals surface area contributed by atoms with Gasteiger partial charge in [0.1, 0.15) is 6.04 Å². The van der Waals surface area contributed by atoms with Crippen molar-refractivity contribution in [1.29, 1.82) is 0 Å². The van der Waals surface area contributed by atoms with Crippen LogP contribution in [0.15, 0.2) is 0 Å². The molecule has 0 aromatic carbocycles. The standard InChI is InChI=1S/C12H24N2O4S2/c1-3-20(17,18)14-11(4-5-19-2)12(16)13-8-9-6-10(15)7-9/h9-11,14-15H,3-8H2,1-2H3,(H,13,16). The lowest BCUT2D eigenvalue weighted by atomic mass is 9.82. The van der Waals surface area contributed by atoms with Crippen molar-refractivity contribution in [2.75, 3.05) is 24.3 Å². The van der Waals surface area contributed by atoms with Crippen molar-refractivity contribution < 1.29 is 18.3 Å². The molecule has 0 bridgehead atoms. The van der Waals surface area contributed by atoms with Crippen molar-refractivity contribution in [3.05, 3.63) is 0 Å². The van der Waals surface area contributed by atoms with Gasteiger partial charge in [-0.3, -0.25) is 4.79 Å². The molecule has 3 N–H and O–H groups in total. The Morgan fingerprint density at radius 1 is 1.45 bits per heavy atom. The summed E-state index contributed by atoms with van der Waals surface area (Å²) in [5.41, 5.74) is 0. The van der Waals surface area contributed by atoms with E-state index in [0.29, 0.717) is 37.5 Å². The first-order valence-electron chi connectivity index (χ1n) is 6.82. The Labute approximate surface area is 125 Å². The molecular formula is C12H24N2O4S2. The number of thioether (sulfide) groups is 1. The van der Waals surface area contributed by atoms with Gasteiger partial charge in [-0.1, -0.05) is 0 Å². The van der Waals surface area contributed by atoms with Gasteiger partial charge in [0.15, 0.2) is 0 Å². The van der Waals surface area contributed by atoms with Crippen molar-refractivity contribution in [2.24, 2.45) is 5.92 Å². The Balaban J connectivity index is 2.46. The summed E-state index contributed by atoms with van der Waals surface area (Å²) in [5.74, 6) is 0.701. The topological polar surface area (TPSA) is 95.5 Å². The van der Waals surface area contributed by atoms with Gasteiger partial charge in [-0.25, -0.2) is 13.1 Å². The molecule has 1 unspecified atom stereocenters. The molecule has 1 amide bonds. The summed E-state index contributed by atoms with van der Waals surface area (Å²) in [6.45, 7) is 2.04. The molecule has 20 heavy (non-hydrogen) atoms. The van der Waals surface area contributed by atoms with E-state index in [1.807, 2.05) is 6.26 Å². The SMILES string of the molecule is CCS(=O)(=O)NC(CCSC)C(=O)NCC1CC(O)C1. The lowest BCUT2D eigenvalue weighted by Crippen LogP contribution is -2.49. The van der Waals surface area contributed by atoms with Gasteiger partial charge in [0.2, 0.25) is 15.9 Å². The first-order valence-corrected chi connectivity index (χ1v) is 9.87. The summed E-state index contributed by atoms with van der Waals surface area (Å²) in [4.78, 5) is 12.1. The summed E-state index contributed by atoms with van der Waals surface area (Å²) in [6.07, 6.45) is 3.55. The summed E-state index contributed by atoms with van der Waals surface area (Å²) in [7, 11) is -3.39. The molecular weight excluding hydrogens is 300 g/mol. The van der Waals surface area contributed by atoms with E-state index in [1.54, 1.807) is 18.7 Å². The number of hydrogen-bond donors (Lipinski definition) is 3. The number of nitrogens with one attached hydrogen (secondary N) is 2. The third kappa shape index (κ3) is 5.99. The Bertz CT molecular complexity index is 408. The number of sulfonamides is 1. The maximum Gasteiger partial charge on any atom is 0.238 e. The fourth-order valence-corrected chi connectivity index (χ4v) is 3.31. The molecule has 1 aliphatic carbocycles. The van der Waals surface area contributed by atoms with Crippen LogP contribution in [0, 0.1) is 5.92 Å². The third-order valence-electron chi connectivity index (χ3n) is 3.40. The highest BCUT2D eigenvalue weighted by Crippen LogP contribution is 2.26. The zero-order valence-corrected chi connectivity index (χ0v) is 13.6. The summed E-state index contributed by atoms with van der Waals surface area (Å²) >= 11 is 1.57. The van der Waals surface area contributed by atoms with Gasteiger partial charge in [0, 0.05) is 6.54 Å². The van der Waals surface area contributed by atoms with E-state index in [-0.39, 0.29) is 17.8 Å². The summed E-state index contributed by atoms with van der Waals surface area (Å²) in [6, 6.07) is -0.711. The van der Waals surface area contributed by atoms with Crippen LogP contribution in [-0.2, 0) is 14.8 Å². The quantitative estimate of drug-likeness (QED) is 0.552. The van der Waals surface area contributed by atoms with E-state index < -0.39 is 16.1 Å². The zero-order valence-electron chi connectivity index (χ0n) is 12.0. The van der Waals surface area contributed by atoms with Crippen LogP contribution in [0.5, 0.6) is 0 Å². The van der Waals surface area contributed by atoms with Crippen molar-refractivity contribution in [2.45, 2.75) is 38.3 Å². The average molecular weight is 324 g/mol. The van der Waals surface area contributed by atoms with E-state index in [9.17, 15) is 18.3 Å². The molecule has 118 valence electrons. The van der Waals surface area contributed by atoms with Crippen LogP contribution in [0.1, 0.15) is 26.2 Å². The minimum absolute atomic E-state index is 0.0368. The number of amides is 1. The van der Waals surface area contributed by atoms with E-state index in [4.69, 9.17) is 0 Å². The molecule has 1 rings (SSSR count). The Morgan fingerprint density at radius 3 is 2.60 bits per heavy atom. The Hall–Kier alpha value is -0.310. The number of rotatable bonds is 9. The minimum atomic E-state index is -3.39. The molecule has 1 aliphatic rings. The van der Waals surface area contributed by atoms with Crippen molar-refractivity contribution >= 4 is 27.7 Å². The third-order valence-corrected chi connectivity index (χ3v) is 5.45. The Kier molecular flexibility index (Phi) is 7.28. The largest absolute Gasteiger partial charge is 0.393 e. The lowest BCUT2D eigenvalue weighted by Gasteiger charge is -2.31. The smallest absolute Gasteiger partial charge is 0.238 e. The second-order valence-electron chi connectivity index (χ2n) is 5.09. The van der Waals surface area contributed by atoms with Crippen LogP contribution in [-0.4, -0.2) is 55.9 Å². The molecule has 0 heterocycles. The number of aliphatic hydroxyl groups excluding tert-OH is 1. The van der Waals surface area contributed by atoms with E-state index in [2.05, 4.69) is 10.0 Å². The van der Waals surface area contributed by atoms with Crippen LogP contribution in [0.4, 0.5) is 0 Å². The summed E-state index contributed by atoms with van der Waals surface area (Å²) in [5, 5.41) is 12.0. The fraction of sp³-hybridized carbons (Fsp3) is 0.917. The molecule has 0 radical (unpaired) electrons. The highest BCUT2D eigenvalue weighted by Gasteiger charge is 2.29. The van der Waals surface area contributed by atoms with Gasteiger partial charge < -0.3 is 10.4 Å². The number of hydrogen-bond acceptors (Lipinski definition) is 5. The number of carbonyl (C=O) groups excluding carboxylic acids is 1. The predicted molar refractivity (Wildman–Crippen MR) is 81.1 cm³/mol. The highest BCUT2D eigenvalue weighted by molar-refractivity contribution is 7.98. The second-order valence-corrected chi connectivity index (χ2v) is 8.12. The summed E-state index contributed by atoms with van der Waals surface area (Å²) < 4.78 is 25.6. The van der Waals surface area contributed by atoms with E-state index >= 15 is 0 Å². The molecule has 6 nitrogen and oxygen atoms in total. The molecule has 0 spiro atoms. The van der Waals surface area contributed by atoms with Crippen LogP contribution in [0.2, 0.25) is 0 Å². The minimum Gasteiger partial charge on any atom is -0.393 e. The fourth-order valence-electron chi connectivity index (χ4n) is 2.01. The Morgan fingerprint density at radius 2 is 2.10 bits per heavy atom. The van der Waals surface area contributed by atoms with Crippen LogP contribution in [0.25, 0.3) is 0 Å². The van der Waals surface area contributed by atoms with E-state index in [0.717, 1.165) is 0 Å². The number of aliphatic hydroxyl groups is 1. The van der Waals surface area contributed by atoms with Gasteiger partial charge >= 0.3 is 0 Å². The van der Waals surface area contributed by atoms with Crippen molar-refractivity contribution in [3.63, 3.8) is 0 Å². The van der Waals surface area contributed by atoms with Crippen molar-refractivity contribution in [1.82, 2.24) is 10.0 Å². The normalized spacial score (nSPS) is 23.9. The highest BCUT2D eigenvalue weighted by atomic mass is 32.2. The maximum atomic E-state index is 12.1. The second kappa shape index (κ2) is 8.21. The molecule has 0 aromatic heterocycles. The van der Waals surface area contributed by atoms with Gasteiger partial charge in [-0.2, -0.15) is 11.8 Å². The van der Waals surface area contributed by atoms with Crippen LogP contribution >= 0.6 is 11.8 Å². The predicted octanol–water partition coefficient (Wildman–Crippen LogP) is -0.0655. The van der Waals surface area contributed by atoms with Gasteiger partial charge in [0.25, 0.3) is 0 Å². The zero-order chi connectivity index (χ0) is 15.2. The molecule has 8 heteroatoms. The van der Waals surface area contributed by atoms with E-state index in [1.165, 1.54) is 0 Å². The lowest BCUT2D eigenvalue weighted by molar-refractivity contribution is -0.123.